The third-order valence-corrected chi connectivity index (χ3v) is 11.8. The second-order valence-corrected chi connectivity index (χ2v) is 15.2. The predicted octanol–water partition coefficient (Wildman–Crippen LogP) is 13.6. The van der Waals surface area contributed by atoms with Crippen LogP contribution >= 0.6 is 0 Å². The number of aromatic nitrogens is 3. The molecule has 62 heavy (non-hydrogen) atoms. The number of nitriles is 3. The number of hydrogen-bond donors (Lipinski definition) is 0. The summed E-state index contributed by atoms with van der Waals surface area (Å²) in [5.74, 6) is 0. The van der Waals surface area contributed by atoms with Crippen LogP contribution in [0.1, 0.15) is 16.7 Å². The summed E-state index contributed by atoms with van der Waals surface area (Å²) in [6.07, 6.45) is 0. The molecule has 6 heteroatoms. The number of rotatable bonds is 6. The van der Waals surface area contributed by atoms with E-state index in [9.17, 15) is 15.8 Å². The van der Waals surface area contributed by atoms with Gasteiger partial charge in [0.25, 0.3) is 0 Å². The van der Waals surface area contributed by atoms with Crippen LogP contribution in [0.4, 0.5) is 0 Å². The molecule has 11 rings (SSSR count). The molecule has 0 aliphatic rings. The van der Waals surface area contributed by atoms with E-state index < -0.39 is 0 Å². The van der Waals surface area contributed by atoms with Crippen molar-refractivity contribution in [2.45, 2.75) is 0 Å². The molecule has 3 heterocycles. The molecule has 0 N–H and O–H groups in total. The fourth-order valence-corrected chi connectivity index (χ4v) is 9.10. The summed E-state index contributed by atoms with van der Waals surface area (Å²) < 4.78 is 4.66. The van der Waals surface area contributed by atoms with Crippen LogP contribution in [0.3, 0.4) is 0 Å². The second-order valence-electron chi connectivity index (χ2n) is 15.2. The summed E-state index contributed by atoms with van der Waals surface area (Å²) >= 11 is 0. The summed E-state index contributed by atoms with van der Waals surface area (Å²) in [7, 11) is 0. The molecule has 0 amide bonds. The van der Waals surface area contributed by atoms with Gasteiger partial charge in [0.05, 0.1) is 56.2 Å². The maximum absolute atomic E-state index is 10.8. The van der Waals surface area contributed by atoms with Crippen LogP contribution < -0.4 is 0 Å². The molecule has 0 fully saturated rings. The molecule has 0 atom stereocenters. The van der Waals surface area contributed by atoms with Crippen molar-refractivity contribution in [2.75, 3.05) is 0 Å². The van der Waals surface area contributed by atoms with Gasteiger partial charge in [0.2, 0.25) is 0 Å². The Hall–Kier alpha value is -9.02. The van der Waals surface area contributed by atoms with Crippen LogP contribution in [-0.2, 0) is 0 Å². The lowest BCUT2D eigenvalue weighted by atomic mass is 9.88. The van der Waals surface area contributed by atoms with Gasteiger partial charge in [-0.05, 0) is 71.3 Å². The first kappa shape index (κ1) is 36.1. The molecule has 0 aliphatic carbocycles. The molecule has 286 valence electrons. The van der Waals surface area contributed by atoms with Crippen molar-refractivity contribution < 1.29 is 0 Å². The largest absolute Gasteiger partial charge is 0.309 e. The molecular weight excluding hydrogens is 757 g/mol. The van der Waals surface area contributed by atoms with Crippen molar-refractivity contribution in [1.82, 2.24) is 14.1 Å². The van der Waals surface area contributed by atoms with Gasteiger partial charge in [-0.3, -0.25) is 0 Å². The predicted molar refractivity (Wildman–Crippen MR) is 249 cm³/mol. The molecule has 8 aromatic carbocycles. The summed E-state index contributed by atoms with van der Waals surface area (Å²) in [4.78, 5) is 5.03. The maximum atomic E-state index is 10.8. The summed E-state index contributed by atoms with van der Waals surface area (Å²) in [6, 6.07) is 72.4. The highest BCUT2D eigenvalue weighted by atomic mass is 15.0. The highest BCUT2D eigenvalue weighted by Gasteiger charge is 2.24. The standard InChI is InChI=1S/C56H32N6/c57-33-40-29-39(56-49(35-59)54(36-15-5-1-6-16-36)48(34-58)55(60-56)37-17-7-2-8-18-37)26-27-43(40)38-25-28-45-47-31-46-44-23-13-14-24-50(44)61(41-19-9-3-10-20-41)52(46)32-53(47)62(51(45)30-38)42-21-11-4-12-22-42/h1-32H. The van der Waals surface area contributed by atoms with E-state index in [0.29, 0.717) is 33.6 Å². The Morgan fingerprint density at radius 3 is 1.47 bits per heavy atom. The molecular formula is C56H32N6. The Bertz CT molecular complexity index is 3690. The highest BCUT2D eigenvalue weighted by Crippen LogP contribution is 2.43. The van der Waals surface area contributed by atoms with Crippen LogP contribution in [0.2, 0.25) is 0 Å². The van der Waals surface area contributed by atoms with Crippen LogP contribution in [-0.4, -0.2) is 14.1 Å². The van der Waals surface area contributed by atoms with E-state index in [1.807, 2.05) is 91.0 Å². The van der Waals surface area contributed by atoms with Gasteiger partial charge in [-0.25, -0.2) is 4.98 Å². The Morgan fingerprint density at radius 2 is 0.855 bits per heavy atom. The normalized spacial score (nSPS) is 11.2. The van der Waals surface area contributed by atoms with Crippen molar-refractivity contribution in [3.05, 3.63) is 211 Å². The number of hydrogen-bond acceptors (Lipinski definition) is 4. The Labute approximate surface area is 357 Å². The zero-order valence-corrected chi connectivity index (χ0v) is 33.2. The van der Waals surface area contributed by atoms with Gasteiger partial charge in [-0.1, -0.05) is 140 Å². The van der Waals surface area contributed by atoms with E-state index in [4.69, 9.17) is 4.98 Å². The van der Waals surface area contributed by atoms with E-state index in [-0.39, 0.29) is 5.56 Å². The van der Waals surface area contributed by atoms with Gasteiger partial charge in [0, 0.05) is 49.6 Å². The zero-order valence-electron chi connectivity index (χ0n) is 33.2. The average Bonchev–Trinajstić information content (AvgIpc) is 3.84. The first-order chi connectivity index (χ1) is 30.6. The quantitative estimate of drug-likeness (QED) is 0.168. The van der Waals surface area contributed by atoms with E-state index >= 15 is 0 Å². The third kappa shape index (κ3) is 5.66. The first-order valence-electron chi connectivity index (χ1n) is 20.3. The molecule has 0 saturated carbocycles. The SMILES string of the molecule is N#Cc1cc(-c2nc(-c3ccccc3)c(C#N)c(-c3ccccc3)c2C#N)ccc1-c1ccc2c3cc4c5ccccc5n(-c5ccccc5)c4cc3n(-c3ccccc3)c2c1. The minimum atomic E-state index is 0.276. The van der Waals surface area contributed by atoms with Crippen molar-refractivity contribution in [3.63, 3.8) is 0 Å². The fraction of sp³-hybridized carbons (Fsp3) is 0. The molecule has 0 radical (unpaired) electrons. The average molecular weight is 789 g/mol. The molecule has 11 aromatic rings. The monoisotopic (exact) mass is 788 g/mol. The minimum absolute atomic E-state index is 0.276. The van der Waals surface area contributed by atoms with Crippen molar-refractivity contribution in [2.24, 2.45) is 0 Å². The lowest BCUT2D eigenvalue weighted by Gasteiger charge is -2.16. The molecule has 0 spiro atoms. The zero-order chi connectivity index (χ0) is 41.7. The highest BCUT2D eigenvalue weighted by molar-refractivity contribution is 6.19. The Balaban J connectivity index is 1.13. The summed E-state index contributed by atoms with van der Waals surface area (Å²) in [6.45, 7) is 0. The van der Waals surface area contributed by atoms with Gasteiger partial charge in [0.15, 0.2) is 0 Å². The van der Waals surface area contributed by atoms with Gasteiger partial charge < -0.3 is 9.13 Å². The summed E-state index contributed by atoms with van der Waals surface area (Å²) in [5.41, 5.74) is 12.7. The van der Waals surface area contributed by atoms with Crippen LogP contribution in [0.15, 0.2) is 194 Å². The first-order valence-corrected chi connectivity index (χ1v) is 20.3. The van der Waals surface area contributed by atoms with Crippen LogP contribution in [0, 0.1) is 34.0 Å². The van der Waals surface area contributed by atoms with E-state index in [1.165, 1.54) is 10.8 Å². The van der Waals surface area contributed by atoms with Crippen molar-refractivity contribution >= 4 is 43.6 Å². The van der Waals surface area contributed by atoms with Crippen LogP contribution in [0.5, 0.6) is 0 Å². The molecule has 0 unspecified atom stereocenters. The van der Waals surface area contributed by atoms with Gasteiger partial charge in [0.1, 0.15) is 12.1 Å². The molecule has 0 bridgehead atoms. The molecule has 0 aliphatic heterocycles. The third-order valence-electron chi connectivity index (χ3n) is 11.8. The molecule has 3 aromatic heterocycles. The number of para-hydroxylation sites is 3. The number of nitrogens with zero attached hydrogens (tertiary/aromatic N) is 6. The lowest BCUT2D eigenvalue weighted by Crippen LogP contribution is -2.02. The van der Waals surface area contributed by atoms with Gasteiger partial charge >= 0.3 is 0 Å². The second kappa shape index (κ2) is 14.7. The lowest BCUT2D eigenvalue weighted by molar-refractivity contribution is 1.16. The van der Waals surface area contributed by atoms with Gasteiger partial charge in [-0.2, -0.15) is 15.8 Å². The van der Waals surface area contributed by atoms with Crippen molar-refractivity contribution in [3.8, 4) is 74.4 Å². The Morgan fingerprint density at radius 1 is 0.355 bits per heavy atom. The Kier molecular flexibility index (Phi) is 8.54. The maximum Gasteiger partial charge on any atom is 0.102 e. The van der Waals surface area contributed by atoms with E-state index in [1.54, 1.807) is 0 Å². The van der Waals surface area contributed by atoms with Gasteiger partial charge in [-0.15, -0.1) is 0 Å². The van der Waals surface area contributed by atoms with Crippen LogP contribution in [0.25, 0.3) is 99.8 Å². The smallest absolute Gasteiger partial charge is 0.102 e. The topological polar surface area (TPSA) is 94.1 Å². The van der Waals surface area contributed by atoms with E-state index in [0.717, 1.165) is 66.5 Å². The van der Waals surface area contributed by atoms with Crippen molar-refractivity contribution in [1.29, 1.82) is 15.8 Å². The number of pyridine rings is 1. The number of fused-ring (bicyclic) bond motifs is 6. The fourth-order valence-electron chi connectivity index (χ4n) is 9.10. The molecule has 0 saturated heterocycles. The van der Waals surface area contributed by atoms with E-state index in [2.05, 4.69) is 130 Å². The molecule has 6 nitrogen and oxygen atoms in total. The minimum Gasteiger partial charge on any atom is -0.309 e. The summed E-state index contributed by atoms with van der Waals surface area (Å²) in [5, 5.41) is 36.7. The number of benzene rings is 8.